The Bertz CT molecular complexity index is 2350. The van der Waals surface area contributed by atoms with Gasteiger partial charge in [0.15, 0.2) is 0 Å². The van der Waals surface area contributed by atoms with E-state index in [2.05, 4.69) is 149 Å². The van der Waals surface area contributed by atoms with E-state index >= 15 is 0 Å². The molecule has 0 amide bonds. The molecule has 44 heavy (non-hydrogen) atoms. The minimum absolute atomic E-state index is 0.823. The highest BCUT2D eigenvalue weighted by Gasteiger charge is 2.19. The Kier molecular flexibility index (Phi) is 5.47. The Morgan fingerprint density at radius 2 is 0.977 bits per heavy atom. The van der Waals surface area contributed by atoms with E-state index in [1.54, 1.807) is 0 Å². The van der Waals surface area contributed by atoms with Crippen LogP contribution in [-0.4, -0.2) is 15.0 Å². The van der Waals surface area contributed by atoms with Crippen LogP contribution in [0, 0.1) is 0 Å². The summed E-state index contributed by atoms with van der Waals surface area (Å²) in [5.74, 6) is 0.828. The molecule has 1 N–H and O–H groups in total. The van der Waals surface area contributed by atoms with Crippen LogP contribution in [0.3, 0.4) is 0 Å². The summed E-state index contributed by atoms with van der Waals surface area (Å²) in [5.41, 5.74) is 12.5. The Morgan fingerprint density at radius 3 is 1.77 bits per heavy atom. The minimum atomic E-state index is 0.823. The van der Waals surface area contributed by atoms with Gasteiger partial charge in [-0.15, -0.1) is 0 Å². The predicted octanol–water partition coefficient (Wildman–Crippen LogP) is 10.6. The number of H-pyrrole nitrogens is 1. The van der Waals surface area contributed by atoms with Crippen molar-refractivity contribution >= 4 is 39.0 Å². The minimum Gasteiger partial charge on any atom is -0.353 e. The molecule has 0 unspecified atom stereocenters. The molecule has 0 saturated carbocycles. The molecule has 8 bridgehead atoms. The average molecular weight is 563 g/mol. The van der Waals surface area contributed by atoms with Gasteiger partial charge >= 0.3 is 0 Å². The average Bonchev–Trinajstić information content (AvgIpc) is 3.48. The number of rotatable bonds is 2. The second kappa shape index (κ2) is 9.79. The van der Waals surface area contributed by atoms with E-state index in [4.69, 9.17) is 9.97 Å². The summed E-state index contributed by atoms with van der Waals surface area (Å²) < 4.78 is 0. The predicted molar refractivity (Wildman–Crippen MR) is 181 cm³/mol. The van der Waals surface area contributed by atoms with E-state index in [1.165, 1.54) is 16.3 Å². The van der Waals surface area contributed by atoms with Crippen LogP contribution in [-0.2, 0) is 0 Å². The lowest BCUT2D eigenvalue weighted by Gasteiger charge is -2.26. The number of hydrogen-bond acceptors (Lipinski definition) is 3. The molecule has 0 fully saturated rings. The van der Waals surface area contributed by atoms with Crippen LogP contribution in [0.25, 0.3) is 66.7 Å². The molecule has 206 valence electrons. The lowest BCUT2D eigenvalue weighted by atomic mass is 10.00. The smallest absolute Gasteiger partial charge is 0.138 e. The summed E-state index contributed by atoms with van der Waals surface area (Å²) in [4.78, 5) is 16.4. The molecule has 8 aromatic rings. The zero-order valence-corrected chi connectivity index (χ0v) is 23.8. The third-order valence-electron chi connectivity index (χ3n) is 8.55. The van der Waals surface area contributed by atoms with Crippen LogP contribution in [0.15, 0.2) is 152 Å². The highest BCUT2D eigenvalue weighted by molar-refractivity contribution is 6.15. The van der Waals surface area contributed by atoms with Crippen LogP contribution in [0.2, 0.25) is 0 Å². The van der Waals surface area contributed by atoms with Gasteiger partial charge in [0.1, 0.15) is 5.82 Å². The number of nitrogens with one attached hydrogen (secondary N) is 1. The van der Waals surface area contributed by atoms with Gasteiger partial charge in [-0.1, -0.05) is 103 Å². The molecule has 9 rings (SSSR count). The number of aromatic nitrogens is 3. The van der Waals surface area contributed by atoms with Crippen molar-refractivity contribution in [3.63, 3.8) is 0 Å². The molecule has 3 aromatic heterocycles. The van der Waals surface area contributed by atoms with E-state index in [1.807, 2.05) is 12.1 Å². The molecule has 4 heterocycles. The second-order valence-corrected chi connectivity index (χ2v) is 11.2. The van der Waals surface area contributed by atoms with Gasteiger partial charge < -0.3 is 4.98 Å². The third kappa shape index (κ3) is 3.92. The van der Waals surface area contributed by atoms with Gasteiger partial charge in [0, 0.05) is 33.3 Å². The number of anilines is 3. The Balaban J connectivity index is 1.35. The second-order valence-electron chi connectivity index (χ2n) is 11.2. The summed E-state index contributed by atoms with van der Waals surface area (Å²) in [6.07, 6.45) is 0. The maximum atomic E-state index is 5.23. The van der Waals surface area contributed by atoms with Gasteiger partial charge in [0.2, 0.25) is 0 Å². The van der Waals surface area contributed by atoms with Crippen molar-refractivity contribution in [3.05, 3.63) is 152 Å². The fourth-order valence-corrected chi connectivity index (χ4v) is 6.50. The first-order chi connectivity index (χ1) is 21.8. The molecule has 1 aliphatic rings. The van der Waals surface area contributed by atoms with Crippen molar-refractivity contribution in [2.24, 2.45) is 0 Å². The molecular formula is C40H26N4. The molecule has 0 aliphatic carbocycles. The Hall–Kier alpha value is -6.00. The number of aromatic amines is 1. The number of nitrogens with zero attached hydrogens (tertiary/aromatic N) is 3. The number of fused-ring (bicyclic) bond motifs is 10. The number of benzene rings is 5. The van der Waals surface area contributed by atoms with E-state index in [0.717, 1.165) is 67.6 Å². The van der Waals surface area contributed by atoms with Crippen LogP contribution in [0.5, 0.6) is 0 Å². The normalized spacial score (nSPS) is 12.0. The molecule has 5 aromatic carbocycles. The zero-order chi connectivity index (χ0) is 29.0. The Labute approximate surface area is 254 Å². The first kappa shape index (κ1) is 24.6. The lowest BCUT2D eigenvalue weighted by Crippen LogP contribution is -2.12. The zero-order valence-electron chi connectivity index (χ0n) is 23.8. The highest BCUT2D eigenvalue weighted by atomic mass is 15.2. The molecule has 0 radical (unpaired) electrons. The van der Waals surface area contributed by atoms with Gasteiger partial charge in [-0.3, -0.25) is 4.90 Å². The topological polar surface area (TPSA) is 44.8 Å². The lowest BCUT2D eigenvalue weighted by molar-refractivity contribution is 1.17. The van der Waals surface area contributed by atoms with Crippen molar-refractivity contribution in [1.82, 2.24) is 15.0 Å². The summed E-state index contributed by atoms with van der Waals surface area (Å²) in [5, 5.41) is 2.39. The number of hydrogen-bond donors (Lipinski definition) is 1. The van der Waals surface area contributed by atoms with E-state index in [-0.39, 0.29) is 0 Å². The van der Waals surface area contributed by atoms with Crippen LogP contribution < -0.4 is 4.90 Å². The first-order valence-corrected chi connectivity index (χ1v) is 14.8. The van der Waals surface area contributed by atoms with Gasteiger partial charge in [-0.05, 0) is 65.2 Å². The van der Waals surface area contributed by atoms with Crippen LogP contribution in [0.4, 0.5) is 17.2 Å². The largest absolute Gasteiger partial charge is 0.353 e. The van der Waals surface area contributed by atoms with Crippen molar-refractivity contribution in [2.75, 3.05) is 4.90 Å². The molecule has 4 nitrogen and oxygen atoms in total. The first-order valence-electron chi connectivity index (χ1n) is 14.8. The standard InChI is InChI=1S/C40H26N4/c1-2-10-26(11-3-1)27-12-4-14-29(24-27)44-30-15-5-13-28(25-30)31-16-6-17-32-33-18-7-19-34(40(33)43-39(31)32)35-20-8-21-36(41-35)37-22-9-23-38(44)42-37/h1-25,43H. The van der Waals surface area contributed by atoms with E-state index in [9.17, 15) is 0 Å². The van der Waals surface area contributed by atoms with Crippen molar-refractivity contribution in [1.29, 1.82) is 0 Å². The fraction of sp³-hybridized carbons (Fsp3) is 0. The fourth-order valence-electron chi connectivity index (χ4n) is 6.50. The van der Waals surface area contributed by atoms with Gasteiger partial charge in [0.05, 0.1) is 28.1 Å². The van der Waals surface area contributed by atoms with E-state index in [0.29, 0.717) is 0 Å². The molecular weight excluding hydrogens is 536 g/mol. The maximum absolute atomic E-state index is 5.23. The van der Waals surface area contributed by atoms with Gasteiger partial charge in [-0.25, -0.2) is 9.97 Å². The van der Waals surface area contributed by atoms with Crippen molar-refractivity contribution < 1.29 is 0 Å². The quantitative estimate of drug-likeness (QED) is 0.228. The number of pyridine rings is 2. The Morgan fingerprint density at radius 1 is 0.409 bits per heavy atom. The SMILES string of the molecule is c1ccc(-c2cccc(N3c4cccc(c4)-c4cccc5c4[nH]c4c(cccc45)-c4cccc(n4)-c4cccc3n4)c2)cc1. The van der Waals surface area contributed by atoms with Crippen molar-refractivity contribution in [3.8, 4) is 44.9 Å². The summed E-state index contributed by atoms with van der Waals surface area (Å²) >= 11 is 0. The maximum Gasteiger partial charge on any atom is 0.138 e. The number of para-hydroxylation sites is 2. The third-order valence-corrected chi connectivity index (χ3v) is 8.55. The monoisotopic (exact) mass is 562 g/mol. The van der Waals surface area contributed by atoms with Gasteiger partial charge in [0.25, 0.3) is 0 Å². The van der Waals surface area contributed by atoms with Gasteiger partial charge in [-0.2, -0.15) is 0 Å². The van der Waals surface area contributed by atoms with Crippen LogP contribution in [0.1, 0.15) is 0 Å². The molecule has 0 spiro atoms. The summed E-state index contributed by atoms with van der Waals surface area (Å²) in [7, 11) is 0. The highest BCUT2D eigenvalue weighted by Crippen LogP contribution is 2.41. The van der Waals surface area contributed by atoms with E-state index < -0.39 is 0 Å². The van der Waals surface area contributed by atoms with Crippen molar-refractivity contribution in [2.45, 2.75) is 0 Å². The molecule has 0 saturated heterocycles. The summed E-state index contributed by atoms with van der Waals surface area (Å²) in [6, 6.07) is 53.3. The van der Waals surface area contributed by atoms with Crippen LogP contribution >= 0.6 is 0 Å². The molecule has 4 heteroatoms. The summed E-state index contributed by atoms with van der Waals surface area (Å²) in [6.45, 7) is 0. The molecule has 0 atom stereocenters. The molecule has 1 aliphatic heterocycles.